The first-order valence-electron chi connectivity index (χ1n) is 7.22. The molecule has 0 aliphatic carbocycles. The molecule has 2 rings (SSSR count). The average molecular weight is 254 g/mol. The van der Waals surface area contributed by atoms with Crippen LogP contribution in [0.5, 0.6) is 0 Å². The lowest BCUT2D eigenvalue weighted by Gasteiger charge is -2.10. The van der Waals surface area contributed by atoms with E-state index < -0.39 is 0 Å². The Morgan fingerprint density at radius 3 is 2.37 bits per heavy atom. The maximum absolute atomic E-state index is 11.5. The Kier molecular flexibility index (Phi) is 4.36. The summed E-state index contributed by atoms with van der Waals surface area (Å²) in [5, 5.41) is 2.51. The van der Waals surface area contributed by atoms with Gasteiger partial charge in [-0.15, -0.1) is 0 Å². The van der Waals surface area contributed by atoms with Gasteiger partial charge in [0, 0.05) is 5.56 Å². The highest BCUT2D eigenvalue weighted by molar-refractivity contribution is 5.99. The van der Waals surface area contributed by atoms with Gasteiger partial charge in [0.25, 0.3) is 0 Å². The predicted molar refractivity (Wildman–Crippen MR) is 81.9 cm³/mol. The van der Waals surface area contributed by atoms with Gasteiger partial charge < -0.3 is 0 Å². The van der Waals surface area contributed by atoms with Crippen molar-refractivity contribution < 1.29 is 4.79 Å². The fraction of sp³-hybridized carbons (Fsp3) is 0.389. The van der Waals surface area contributed by atoms with Crippen molar-refractivity contribution in [3.63, 3.8) is 0 Å². The number of carbonyl (C=O) groups excluding carboxylic acids is 1. The fourth-order valence-electron chi connectivity index (χ4n) is 2.65. The highest BCUT2D eigenvalue weighted by Gasteiger charge is 2.06. The Bertz CT molecular complexity index is 596. The second kappa shape index (κ2) is 6.01. The molecule has 0 spiro atoms. The minimum atomic E-state index is 0.139. The fourth-order valence-corrected chi connectivity index (χ4v) is 2.65. The maximum atomic E-state index is 11.5. The zero-order chi connectivity index (χ0) is 13.8. The molecule has 0 aliphatic heterocycles. The monoisotopic (exact) mass is 254 g/mol. The molecule has 0 saturated heterocycles. The number of fused-ring (bicyclic) bond motifs is 1. The van der Waals surface area contributed by atoms with E-state index in [0.29, 0.717) is 0 Å². The Labute approximate surface area is 115 Å². The van der Waals surface area contributed by atoms with Gasteiger partial charge in [0.05, 0.1) is 0 Å². The number of rotatable bonds is 5. The van der Waals surface area contributed by atoms with Crippen molar-refractivity contribution in [2.24, 2.45) is 0 Å². The third-order valence-electron chi connectivity index (χ3n) is 3.56. The van der Waals surface area contributed by atoms with Crippen LogP contribution in [0.3, 0.4) is 0 Å². The lowest BCUT2D eigenvalue weighted by Crippen LogP contribution is -1.95. The van der Waals surface area contributed by atoms with Gasteiger partial charge in [-0.05, 0) is 47.7 Å². The third kappa shape index (κ3) is 3.04. The quantitative estimate of drug-likeness (QED) is 0.690. The summed E-state index contributed by atoms with van der Waals surface area (Å²) in [4.78, 5) is 11.5. The molecule has 0 heterocycles. The minimum Gasteiger partial charge on any atom is -0.295 e. The number of ketones is 1. The van der Waals surface area contributed by atoms with E-state index in [1.165, 1.54) is 21.9 Å². The Hall–Kier alpha value is -1.63. The van der Waals surface area contributed by atoms with E-state index in [-0.39, 0.29) is 5.78 Å². The standard InChI is InChI=1S/C18H22O/c1-4-6-14-10-16(7-5-2)18-9-8-15(13(3)19)12-17(18)11-14/h8-12H,4-7H2,1-3H3. The highest BCUT2D eigenvalue weighted by atomic mass is 16.1. The van der Waals surface area contributed by atoms with E-state index in [1.807, 2.05) is 12.1 Å². The largest absolute Gasteiger partial charge is 0.295 e. The van der Waals surface area contributed by atoms with Crippen molar-refractivity contribution in [3.05, 3.63) is 47.0 Å². The summed E-state index contributed by atoms with van der Waals surface area (Å²) < 4.78 is 0. The molecule has 1 nitrogen and oxygen atoms in total. The first-order chi connectivity index (χ1) is 9.15. The van der Waals surface area contributed by atoms with Crippen molar-refractivity contribution in [1.82, 2.24) is 0 Å². The van der Waals surface area contributed by atoms with Gasteiger partial charge >= 0.3 is 0 Å². The molecule has 1 heteroatoms. The van der Waals surface area contributed by atoms with Crippen LogP contribution in [0.2, 0.25) is 0 Å². The number of aryl methyl sites for hydroxylation is 2. The Morgan fingerprint density at radius 1 is 1.00 bits per heavy atom. The average Bonchev–Trinajstić information content (AvgIpc) is 2.38. The van der Waals surface area contributed by atoms with Gasteiger partial charge in [-0.2, -0.15) is 0 Å². The van der Waals surface area contributed by atoms with Crippen LogP contribution in [0, 0.1) is 0 Å². The van der Waals surface area contributed by atoms with Gasteiger partial charge in [0.2, 0.25) is 0 Å². The van der Waals surface area contributed by atoms with E-state index in [0.717, 1.165) is 31.2 Å². The SMILES string of the molecule is CCCc1cc(CCC)c2ccc(C(C)=O)cc2c1. The predicted octanol–water partition coefficient (Wildman–Crippen LogP) is 4.95. The lowest BCUT2D eigenvalue weighted by molar-refractivity contribution is 0.101. The second-order valence-electron chi connectivity index (χ2n) is 5.25. The van der Waals surface area contributed by atoms with Crippen LogP contribution in [-0.2, 0) is 12.8 Å². The molecule has 2 aromatic carbocycles. The third-order valence-corrected chi connectivity index (χ3v) is 3.56. The summed E-state index contributed by atoms with van der Waals surface area (Å²) in [6.07, 6.45) is 4.52. The zero-order valence-electron chi connectivity index (χ0n) is 12.1. The number of hydrogen-bond donors (Lipinski definition) is 0. The van der Waals surface area contributed by atoms with Crippen molar-refractivity contribution in [3.8, 4) is 0 Å². The molecule has 0 unspecified atom stereocenters. The summed E-state index contributed by atoms with van der Waals surface area (Å²) in [5.74, 6) is 0.139. The number of Topliss-reactive ketones (excluding diaryl/α,β-unsaturated/α-hetero) is 1. The van der Waals surface area contributed by atoms with Crippen LogP contribution in [0.25, 0.3) is 10.8 Å². The molecule has 0 bridgehead atoms. The highest BCUT2D eigenvalue weighted by Crippen LogP contribution is 2.25. The molecule has 0 aromatic heterocycles. The zero-order valence-corrected chi connectivity index (χ0v) is 12.1. The summed E-state index contributed by atoms with van der Waals surface area (Å²) in [6, 6.07) is 10.7. The van der Waals surface area contributed by atoms with E-state index in [1.54, 1.807) is 6.92 Å². The Morgan fingerprint density at radius 2 is 1.74 bits per heavy atom. The van der Waals surface area contributed by atoms with Crippen LogP contribution in [0.4, 0.5) is 0 Å². The van der Waals surface area contributed by atoms with E-state index in [4.69, 9.17) is 0 Å². The normalized spacial score (nSPS) is 10.9. The first kappa shape index (κ1) is 13.8. The number of hydrogen-bond acceptors (Lipinski definition) is 1. The van der Waals surface area contributed by atoms with Crippen LogP contribution in [-0.4, -0.2) is 5.78 Å². The maximum Gasteiger partial charge on any atom is 0.159 e. The van der Waals surface area contributed by atoms with Crippen molar-refractivity contribution in [2.75, 3.05) is 0 Å². The van der Waals surface area contributed by atoms with Crippen molar-refractivity contribution in [1.29, 1.82) is 0 Å². The van der Waals surface area contributed by atoms with Crippen LogP contribution >= 0.6 is 0 Å². The molecule has 19 heavy (non-hydrogen) atoms. The molecule has 0 radical (unpaired) electrons. The molecule has 0 N–H and O–H groups in total. The molecular weight excluding hydrogens is 232 g/mol. The summed E-state index contributed by atoms with van der Waals surface area (Å²) in [6.45, 7) is 6.04. The lowest BCUT2D eigenvalue weighted by atomic mass is 9.94. The van der Waals surface area contributed by atoms with Crippen LogP contribution in [0.15, 0.2) is 30.3 Å². The van der Waals surface area contributed by atoms with Crippen LogP contribution in [0.1, 0.15) is 55.1 Å². The molecule has 100 valence electrons. The van der Waals surface area contributed by atoms with Gasteiger partial charge in [-0.1, -0.05) is 51.0 Å². The molecule has 2 aromatic rings. The summed E-state index contributed by atoms with van der Waals surface area (Å²) in [5.41, 5.74) is 3.61. The van der Waals surface area contributed by atoms with Gasteiger partial charge in [-0.3, -0.25) is 4.79 Å². The minimum absolute atomic E-state index is 0.139. The molecule has 0 fully saturated rings. The number of carbonyl (C=O) groups is 1. The second-order valence-corrected chi connectivity index (χ2v) is 5.25. The molecule has 0 amide bonds. The van der Waals surface area contributed by atoms with Gasteiger partial charge in [0.1, 0.15) is 0 Å². The summed E-state index contributed by atoms with van der Waals surface area (Å²) in [7, 11) is 0. The molecule has 0 aliphatic rings. The van der Waals surface area contributed by atoms with Crippen LogP contribution < -0.4 is 0 Å². The topological polar surface area (TPSA) is 17.1 Å². The number of benzene rings is 2. The first-order valence-corrected chi connectivity index (χ1v) is 7.22. The van der Waals surface area contributed by atoms with Crippen molar-refractivity contribution >= 4 is 16.6 Å². The smallest absolute Gasteiger partial charge is 0.159 e. The summed E-state index contributed by atoms with van der Waals surface area (Å²) >= 11 is 0. The van der Waals surface area contributed by atoms with E-state index in [2.05, 4.69) is 32.0 Å². The van der Waals surface area contributed by atoms with Crippen molar-refractivity contribution in [2.45, 2.75) is 46.5 Å². The Balaban J connectivity index is 2.60. The molecule has 0 atom stereocenters. The van der Waals surface area contributed by atoms with E-state index in [9.17, 15) is 4.79 Å². The van der Waals surface area contributed by atoms with E-state index >= 15 is 0 Å². The molecule has 0 saturated carbocycles. The molecular formula is C18H22O. The van der Waals surface area contributed by atoms with Gasteiger partial charge in [0.15, 0.2) is 5.78 Å². The van der Waals surface area contributed by atoms with Gasteiger partial charge in [-0.25, -0.2) is 0 Å².